The maximum absolute atomic E-state index is 10.6. The molecule has 2 rings (SSSR count). The van der Waals surface area contributed by atoms with Crippen molar-refractivity contribution in [3.8, 4) is 0 Å². The maximum atomic E-state index is 10.6. The van der Waals surface area contributed by atoms with E-state index in [1.165, 1.54) is 0 Å². The maximum Gasteiger partial charge on any atom is 0.317 e. The van der Waals surface area contributed by atoms with Crippen molar-refractivity contribution in [2.24, 2.45) is 0 Å². The number of carboxylic acids is 1. The number of aliphatic hydroxyl groups excluding tert-OH is 1. The van der Waals surface area contributed by atoms with Gasteiger partial charge in [0, 0.05) is 19.7 Å². The quantitative estimate of drug-likeness (QED) is 0.701. The van der Waals surface area contributed by atoms with Crippen molar-refractivity contribution in [2.75, 3.05) is 26.2 Å². The normalized spacial score (nSPS) is 30.4. The van der Waals surface area contributed by atoms with Gasteiger partial charge in [0.05, 0.1) is 18.2 Å². The van der Waals surface area contributed by atoms with Crippen LogP contribution in [0.15, 0.2) is 0 Å². The minimum atomic E-state index is -0.791. The molecule has 2 fully saturated rings. The zero-order valence-electron chi connectivity index (χ0n) is 9.39. The first-order chi connectivity index (χ1) is 7.62. The lowest BCUT2D eigenvalue weighted by Gasteiger charge is -2.46. The number of aliphatic hydroxyl groups is 1. The summed E-state index contributed by atoms with van der Waals surface area (Å²) in [4.78, 5) is 12.5. The fourth-order valence-corrected chi connectivity index (χ4v) is 2.67. The number of carboxylic acid groups (broad SMARTS) is 1. The van der Waals surface area contributed by atoms with Crippen LogP contribution in [0.25, 0.3) is 0 Å². The van der Waals surface area contributed by atoms with E-state index in [1.807, 2.05) is 4.90 Å². The highest BCUT2D eigenvalue weighted by atomic mass is 16.5. The first kappa shape index (κ1) is 11.8. The highest BCUT2D eigenvalue weighted by Crippen LogP contribution is 2.34. The molecule has 0 aliphatic carbocycles. The molecule has 0 aromatic heterocycles. The molecule has 0 radical (unpaired) electrons. The summed E-state index contributed by atoms with van der Waals surface area (Å²) in [5, 5.41) is 18.7. The number of rotatable bonds is 2. The summed E-state index contributed by atoms with van der Waals surface area (Å²) < 4.78 is 5.75. The second-order valence-corrected chi connectivity index (χ2v) is 4.74. The molecule has 2 saturated heterocycles. The lowest BCUT2D eigenvalue weighted by Crippen LogP contribution is -2.55. The third-order valence-electron chi connectivity index (χ3n) is 3.68. The Morgan fingerprint density at radius 3 is 2.69 bits per heavy atom. The van der Waals surface area contributed by atoms with Crippen LogP contribution in [0.5, 0.6) is 0 Å². The molecule has 5 nitrogen and oxygen atoms in total. The number of ether oxygens (including phenoxy) is 1. The zero-order chi connectivity index (χ0) is 11.6. The molecule has 2 aliphatic rings. The Balaban J connectivity index is 1.90. The summed E-state index contributed by atoms with van der Waals surface area (Å²) in [7, 11) is 0. The van der Waals surface area contributed by atoms with E-state index in [1.54, 1.807) is 0 Å². The lowest BCUT2D eigenvalue weighted by atomic mass is 9.82. The summed E-state index contributed by atoms with van der Waals surface area (Å²) in [6.45, 7) is 2.20. The number of hydrogen-bond acceptors (Lipinski definition) is 4. The number of carbonyl (C=O) groups is 1. The highest BCUT2D eigenvalue weighted by molar-refractivity contribution is 5.69. The van der Waals surface area contributed by atoms with Gasteiger partial charge in [0.2, 0.25) is 0 Å². The van der Waals surface area contributed by atoms with Crippen molar-refractivity contribution in [3.63, 3.8) is 0 Å². The van der Waals surface area contributed by atoms with Crippen LogP contribution >= 0.6 is 0 Å². The summed E-state index contributed by atoms with van der Waals surface area (Å²) in [5.74, 6) is -0.791. The van der Waals surface area contributed by atoms with Gasteiger partial charge in [0.15, 0.2) is 0 Å². The van der Waals surface area contributed by atoms with E-state index < -0.39 is 11.6 Å². The van der Waals surface area contributed by atoms with Crippen LogP contribution in [0, 0.1) is 0 Å². The minimum Gasteiger partial charge on any atom is -0.480 e. The van der Waals surface area contributed by atoms with E-state index >= 15 is 0 Å². The molecule has 2 heterocycles. The SMILES string of the molecule is O=C(O)CN1CCC2(CC1)OCCCC2O. The average Bonchev–Trinajstić information content (AvgIpc) is 2.25. The van der Waals surface area contributed by atoms with Gasteiger partial charge >= 0.3 is 5.97 Å². The Labute approximate surface area is 95.0 Å². The Morgan fingerprint density at radius 1 is 1.44 bits per heavy atom. The van der Waals surface area contributed by atoms with E-state index in [-0.39, 0.29) is 12.6 Å². The molecular formula is C11H19NO4. The van der Waals surface area contributed by atoms with E-state index in [0.717, 1.165) is 32.3 Å². The van der Waals surface area contributed by atoms with Crippen LogP contribution in [-0.4, -0.2) is 59.0 Å². The smallest absolute Gasteiger partial charge is 0.317 e. The standard InChI is InChI=1S/C11H19NO4/c13-9-2-1-7-16-11(9)3-5-12(6-4-11)8-10(14)15/h9,13H,1-8H2,(H,14,15). The molecule has 1 unspecified atom stereocenters. The minimum absolute atomic E-state index is 0.0895. The van der Waals surface area contributed by atoms with Crippen LogP contribution in [0.4, 0.5) is 0 Å². The molecule has 1 atom stereocenters. The van der Waals surface area contributed by atoms with E-state index in [9.17, 15) is 9.90 Å². The van der Waals surface area contributed by atoms with Gasteiger partial charge in [0.25, 0.3) is 0 Å². The Kier molecular flexibility index (Phi) is 3.47. The molecule has 2 aliphatic heterocycles. The molecule has 0 saturated carbocycles. The third kappa shape index (κ3) is 2.36. The Morgan fingerprint density at radius 2 is 2.12 bits per heavy atom. The molecule has 0 aromatic carbocycles. The van der Waals surface area contributed by atoms with Gasteiger partial charge in [-0.1, -0.05) is 0 Å². The Hall–Kier alpha value is -0.650. The van der Waals surface area contributed by atoms with Crippen LogP contribution in [0.3, 0.4) is 0 Å². The fourth-order valence-electron chi connectivity index (χ4n) is 2.67. The van der Waals surface area contributed by atoms with Gasteiger partial charge in [-0.25, -0.2) is 0 Å². The first-order valence-electron chi connectivity index (χ1n) is 5.88. The highest BCUT2D eigenvalue weighted by Gasteiger charge is 2.43. The lowest BCUT2D eigenvalue weighted by molar-refractivity contribution is -0.178. The molecule has 2 N–H and O–H groups in total. The molecular weight excluding hydrogens is 210 g/mol. The molecule has 0 bridgehead atoms. The van der Waals surface area contributed by atoms with Crippen molar-refractivity contribution < 1.29 is 19.7 Å². The second kappa shape index (κ2) is 4.69. The van der Waals surface area contributed by atoms with Crippen LogP contribution in [-0.2, 0) is 9.53 Å². The second-order valence-electron chi connectivity index (χ2n) is 4.74. The average molecular weight is 229 g/mol. The Bertz CT molecular complexity index is 261. The van der Waals surface area contributed by atoms with E-state index in [2.05, 4.69) is 0 Å². The summed E-state index contributed by atoms with van der Waals surface area (Å²) in [5.41, 5.74) is -0.396. The summed E-state index contributed by atoms with van der Waals surface area (Å²) in [6, 6.07) is 0. The van der Waals surface area contributed by atoms with Crippen LogP contribution in [0.1, 0.15) is 25.7 Å². The van der Waals surface area contributed by atoms with Crippen LogP contribution in [0.2, 0.25) is 0 Å². The van der Waals surface area contributed by atoms with Gasteiger partial charge < -0.3 is 14.9 Å². The van der Waals surface area contributed by atoms with Crippen molar-refractivity contribution >= 4 is 5.97 Å². The fraction of sp³-hybridized carbons (Fsp3) is 0.909. The largest absolute Gasteiger partial charge is 0.480 e. The van der Waals surface area contributed by atoms with Crippen LogP contribution < -0.4 is 0 Å². The van der Waals surface area contributed by atoms with Gasteiger partial charge in [-0.05, 0) is 25.7 Å². The number of aliphatic carboxylic acids is 1. The molecule has 92 valence electrons. The van der Waals surface area contributed by atoms with Gasteiger partial charge in [-0.3, -0.25) is 9.69 Å². The predicted octanol–water partition coefficient (Wildman–Crippen LogP) is 0.0769. The number of piperidine rings is 1. The predicted molar refractivity (Wildman–Crippen MR) is 57.2 cm³/mol. The molecule has 16 heavy (non-hydrogen) atoms. The molecule has 0 aromatic rings. The topological polar surface area (TPSA) is 70.0 Å². The summed E-state index contributed by atoms with van der Waals surface area (Å²) in [6.07, 6.45) is 2.82. The van der Waals surface area contributed by atoms with Crippen molar-refractivity contribution in [3.05, 3.63) is 0 Å². The van der Waals surface area contributed by atoms with Crippen molar-refractivity contribution in [1.29, 1.82) is 0 Å². The number of likely N-dealkylation sites (tertiary alicyclic amines) is 1. The number of hydrogen-bond donors (Lipinski definition) is 2. The third-order valence-corrected chi connectivity index (χ3v) is 3.68. The molecule has 0 amide bonds. The monoisotopic (exact) mass is 229 g/mol. The van der Waals surface area contributed by atoms with Gasteiger partial charge in [0.1, 0.15) is 0 Å². The van der Waals surface area contributed by atoms with E-state index in [4.69, 9.17) is 9.84 Å². The van der Waals surface area contributed by atoms with Crippen molar-refractivity contribution in [1.82, 2.24) is 4.90 Å². The molecule has 5 heteroatoms. The zero-order valence-corrected chi connectivity index (χ0v) is 9.39. The van der Waals surface area contributed by atoms with Gasteiger partial charge in [-0.15, -0.1) is 0 Å². The summed E-state index contributed by atoms with van der Waals surface area (Å²) >= 11 is 0. The van der Waals surface area contributed by atoms with E-state index in [0.29, 0.717) is 13.1 Å². The molecule has 1 spiro atoms. The van der Waals surface area contributed by atoms with Gasteiger partial charge in [-0.2, -0.15) is 0 Å². The first-order valence-corrected chi connectivity index (χ1v) is 5.88. The number of nitrogens with zero attached hydrogens (tertiary/aromatic N) is 1. The van der Waals surface area contributed by atoms with Crippen molar-refractivity contribution in [2.45, 2.75) is 37.4 Å².